The Morgan fingerprint density at radius 3 is 2.44 bits per heavy atom. The first kappa shape index (κ1) is 17.3. The Kier molecular flexibility index (Phi) is 4.67. The van der Waals surface area contributed by atoms with Gasteiger partial charge < -0.3 is 14.7 Å². The van der Waals surface area contributed by atoms with Crippen LogP contribution in [0.2, 0.25) is 0 Å². The van der Waals surface area contributed by atoms with E-state index in [0.717, 1.165) is 5.69 Å². The summed E-state index contributed by atoms with van der Waals surface area (Å²) >= 11 is 0. The third-order valence-electron chi connectivity index (χ3n) is 4.06. The van der Waals surface area contributed by atoms with E-state index in [2.05, 4.69) is 5.32 Å². The van der Waals surface area contributed by atoms with Gasteiger partial charge in [0, 0.05) is 25.7 Å². The first-order valence-electron chi connectivity index (χ1n) is 7.85. The summed E-state index contributed by atoms with van der Waals surface area (Å²) in [6.07, 6.45) is 1.54. The number of benzene rings is 1. The number of hydrogen-bond donors (Lipinski definition) is 1. The molecule has 0 bridgehead atoms. The molecule has 1 aliphatic heterocycles. The zero-order valence-corrected chi connectivity index (χ0v) is 14.6. The van der Waals surface area contributed by atoms with Crippen LogP contribution in [0.25, 0.3) is 11.1 Å². The number of sulfone groups is 1. The highest BCUT2D eigenvalue weighted by atomic mass is 32.2. The molecule has 2 heterocycles. The van der Waals surface area contributed by atoms with E-state index in [4.69, 9.17) is 4.52 Å². The van der Waals surface area contributed by atoms with Crippen molar-refractivity contribution in [3.8, 4) is 11.1 Å². The number of hydrogen-bond acceptors (Lipinski definition) is 6. The molecule has 1 amide bonds. The summed E-state index contributed by atoms with van der Waals surface area (Å²) in [5, 5.41) is 2.55. The van der Waals surface area contributed by atoms with Gasteiger partial charge in [-0.15, -0.1) is 0 Å². The smallest absolute Gasteiger partial charge is 0.365 e. The molecule has 0 spiro atoms. The molecule has 0 aliphatic carbocycles. The lowest BCUT2D eigenvalue weighted by atomic mass is 10.1. The van der Waals surface area contributed by atoms with Crippen LogP contribution in [0.3, 0.4) is 0 Å². The molecule has 8 nitrogen and oxygen atoms in total. The van der Waals surface area contributed by atoms with Crippen molar-refractivity contribution >= 4 is 21.4 Å². The first-order chi connectivity index (χ1) is 11.8. The zero-order valence-electron chi connectivity index (χ0n) is 13.8. The predicted octanol–water partition coefficient (Wildman–Crippen LogP) is 0.437. The van der Waals surface area contributed by atoms with Gasteiger partial charge >= 0.3 is 5.63 Å². The molecule has 3 rings (SSSR count). The summed E-state index contributed by atoms with van der Waals surface area (Å²) in [7, 11) is -2.92. The molecule has 2 aromatic rings. The van der Waals surface area contributed by atoms with E-state index in [-0.39, 0.29) is 24.1 Å². The molecule has 1 fully saturated rings. The molecule has 25 heavy (non-hydrogen) atoms. The van der Waals surface area contributed by atoms with Crippen LogP contribution in [0.15, 0.2) is 39.8 Å². The van der Waals surface area contributed by atoms with E-state index < -0.39 is 15.5 Å². The molecule has 0 saturated carbocycles. The molecule has 0 radical (unpaired) electrons. The highest BCUT2D eigenvalue weighted by molar-refractivity contribution is 7.91. The maximum atomic E-state index is 12.0. The predicted molar refractivity (Wildman–Crippen MR) is 93.1 cm³/mol. The third-order valence-corrected chi connectivity index (χ3v) is 5.67. The fraction of sp³-hybridized carbons (Fsp3) is 0.375. The topological polar surface area (TPSA) is 102 Å². The van der Waals surface area contributed by atoms with Crippen LogP contribution in [-0.4, -0.2) is 43.7 Å². The minimum absolute atomic E-state index is 0.0882. The second-order valence-electron chi connectivity index (χ2n) is 5.92. The van der Waals surface area contributed by atoms with Crippen molar-refractivity contribution in [2.75, 3.05) is 29.5 Å². The maximum Gasteiger partial charge on any atom is 0.365 e. The highest BCUT2D eigenvalue weighted by Crippen LogP contribution is 2.22. The number of nitrogens with zero attached hydrogens (tertiary/aromatic N) is 2. The van der Waals surface area contributed by atoms with E-state index in [1.807, 2.05) is 17.0 Å². The Balaban J connectivity index is 1.74. The molecule has 1 aromatic carbocycles. The van der Waals surface area contributed by atoms with Crippen LogP contribution >= 0.6 is 0 Å². The Labute approximate surface area is 144 Å². The van der Waals surface area contributed by atoms with Gasteiger partial charge in [0.2, 0.25) is 5.91 Å². The summed E-state index contributed by atoms with van der Waals surface area (Å²) in [5.74, 6) is 0.0973. The van der Waals surface area contributed by atoms with E-state index in [1.54, 1.807) is 18.3 Å². The van der Waals surface area contributed by atoms with E-state index in [0.29, 0.717) is 24.2 Å². The Bertz CT molecular complexity index is 913. The molecule has 134 valence electrons. The standard InChI is InChI=1S/C16H19N3O5S/c1-12(20)17-11-19-10-15(16(21)24-19)13-2-4-14(5-3-13)18-6-8-25(22,23)9-7-18/h2-5,10H,6-9,11H2,1H3,(H,17,20). The van der Waals surface area contributed by atoms with Crippen LogP contribution in [0.1, 0.15) is 6.92 Å². The third kappa shape index (κ3) is 4.11. The van der Waals surface area contributed by atoms with Crippen molar-refractivity contribution in [2.24, 2.45) is 0 Å². The Morgan fingerprint density at radius 2 is 1.84 bits per heavy atom. The molecule has 1 aromatic heterocycles. The minimum atomic E-state index is -2.92. The summed E-state index contributed by atoms with van der Waals surface area (Å²) in [6.45, 7) is 2.41. The monoisotopic (exact) mass is 365 g/mol. The largest absolute Gasteiger partial charge is 0.369 e. The van der Waals surface area contributed by atoms with Gasteiger partial charge in [-0.3, -0.25) is 4.79 Å². The van der Waals surface area contributed by atoms with Crippen molar-refractivity contribution < 1.29 is 17.7 Å². The van der Waals surface area contributed by atoms with Gasteiger partial charge in [0.15, 0.2) is 9.84 Å². The summed E-state index contributed by atoms with van der Waals surface area (Å²) in [6, 6.07) is 7.32. The lowest BCUT2D eigenvalue weighted by molar-refractivity contribution is -0.119. The summed E-state index contributed by atoms with van der Waals surface area (Å²) in [5.41, 5.74) is 1.53. The second kappa shape index (κ2) is 6.75. The number of amides is 1. The van der Waals surface area contributed by atoms with Crippen LogP contribution in [0, 0.1) is 0 Å². The molecular weight excluding hydrogens is 346 g/mol. The number of rotatable bonds is 4. The van der Waals surface area contributed by atoms with Gasteiger partial charge in [-0.1, -0.05) is 12.1 Å². The maximum absolute atomic E-state index is 12.0. The molecule has 1 N–H and O–H groups in total. The molecule has 0 unspecified atom stereocenters. The summed E-state index contributed by atoms with van der Waals surface area (Å²) < 4.78 is 29.3. The minimum Gasteiger partial charge on any atom is -0.369 e. The molecule has 1 saturated heterocycles. The normalized spacial score (nSPS) is 16.6. The molecular formula is C16H19N3O5S. The van der Waals surface area contributed by atoms with Crippen LogP contribution in [0.4, 0.5) is 5.69 Å². The van der Waals surface area contributed by atoms with Crippen molar-refractivity contribution in [3.63, 3.8) is 0 Å². The van der Waals surface area contributed by atoms with Gasteiger partial charge in [0.05, 0.1) is 23.3 Å². The van der Waals surface area contributed by atoms with E-state index >= 15 is 0 Å². The van der Waals surface area contributed by atoms with Crippen molar-refractivity contribution in [1.82, 2.24) is 10.1 Å². The van der Waals surface area contributed by atoms with E-state index in [9.17, 15) is 18.0 Å². The quantitative estimate of drug-likeness (QED) is 0.843. The van der Waals surface area contributed by atoms with Crippen molar-refractivity contribution in [1.29, 1.82) is 0 Å². The fourth-order valence-corrected chi connectivity index (χ4v) is 3.86. The van der Waals surface area contributed by atoms with Crippen LogP contribution in [-0.2, 0) is 21.3 Å². The zero-order chi connectivity index (χ0) is 18.0. The average Bonchev–Trinajstić information content (AvgIpc) is 2.94. The van der Waals surface area contributed by atoms with Gasteiger partial charge in [0.25, 0.3) is 0 Å². The van der Waals surface area contributed by atoms with Gasteiger partial charge in [0.1, 0.15) is 6.67 Å². The molecule has 1 aliphatic rings. The number of anilines is 1. The molecule has 0 atom stereocenters. The van der Waals surface area contributed by atoms with Crippen LogP contribution < -0.4 is 15.8 Å². The fourth-order valence-electron chi connectivity index (χ4n) is 2.66. The summed E-state index contributed by atoms with van der Waals surface area (Å²) in [4.78, 5) is 24.9. The number of nitrogens with one attached hydrogen (secondary N) is 1. The Morgan fingerprint density at radius 1 is 1.20 bits per heavy atom. The van der Waals surface area contributed by atoms with Crippen molar-refractivity contribution in [2.45, 2.75) is 13.6 Å². The van der Waals surface area contributed by atoms with Gasteiger partial charge in [-0.05, 0) is 17.7 Å². The first-order valence-corrected chi connectivity index (χ1v) is 9.67. The number of carbonyl (C=O) groups excluding carboxylic acids is 1. The van der Waals surface area contributed by atoms with Gasteiger partial charge in [-0.2, -0.15) is 4.74 Å². The average molecular weight is 365 g/mol. The van der Waals surface area contributed by atoms with Crippen molar-refractivity contribution in [3.05, 3.63) is 40.9 Å². The SMILES string of the molecule is CC(=O)NCn1cc(-c2ccc(N3CCS(=O)(=O)CC3)cc2)c(=O)o1. The highest BCUT2D eigenvalue weighted by Gasteiger charge is 2.21. The Hall–Kier alpha value is -2.55. The second-order valence-corrected chi connectivity index (χ2v) is 8.22. The number of aromatic nitrogens is 1. The number of carbonyl (C=O) groups is 1. The lowest BCUT2D eigenvalue weighted by Gasteiger charge is -2.28. The van der Waals surface area contributed by atoms with E-state index in [1.165, 1.54) is 11.7 Å². The molecule has 9 heteroatoms. The van der Waals surface area contributed by atoms with Crippen LogP contribution in [0.5, 0.6) is 0 Å². The van der Waals surface area contributed by atoms with Gasteiger partial charge in [-0.25, -0.2) is 13.2 Å². The lowest BCUT2D eigenvalue weighted by Crippen LogP contribution is -2.40.